The number of hydrogen-bond donors (Lipinski definition) is 2. The minimum Gasteiger partial charge on any atom is -0.338 e. The third kappa shape index (κ3) is 2.83. The van der Waals surface area contributed by atoms with Gasteiger partial charge in [0.25, 0.3) is 0 Å². The van der Waals surface area contributed by atoms with Crippen molar-refractivity contribution in [3.8, 4) is 12.3 Å². The molecule has 2 N–H and O–H groups in total. The molecule has 0 spiro atoms. The van der Waals surface area contributed by atoms with Gasteiger partial charge in [0.05, 0.1) is 0 Å². The lowest BCUT2D eigenvalue weighted by Gasteiger charge is -2.05. The lowest BCUT2D eigenvalue weighted by Crippen LogP contribution is -2.28. The highest BCUT2D eigenvalue weighted by Gasteiger charge is 1.98. The molecule has 0 heterocycles. The SMILES string of the molecule is C#Cc1cccc(NC(=O)NCC)c1. The predicted molar refractivity (Wildman–Crippen MR) is 57.1 cm³/mol. The Kier molecular flexibility index (Phi) is 3.57. The summed E-state index contributed by atoms with van der Waals surface area (Å²) in [6, 6.07) is 6.92. The average molecular weight is 188 g/mol. The number of carbonyl (C=O) groups is 1. The molecule has 2 amide bonds. The largest absolute Gasteiger partial charge is 0.338 e. The van der Waals surface area contributed by atoms with Gasteiger partial charge in [-0.15, -0.1) is 6.42 Å². The highest BCUT2D eigenvalue weighted by atomic mass is 16.2. The molecule has 1 aromatic rings. The topological polar surface area (TPSA) is 41.1 Å². The van der Waals surface area contributed by atoms with Crippen molar-refractivity contribution in [2.24, 2.45) is 0 Å². The van der Waals surface area contributed by atoms with Gasteiger partial charge in [-0.05, 0) is 25.1 Å². The number of urea groups is 1. The second-order valence-electron chi connectivity index (χ2n) is 2.71. The molecule has 0 aliphatic rings. The molecule has 0 unspecified atom stereocenters. The molecule has 0 saturated carbocycles. The van der Waals surface area contributed by atoms with Gasteiger partial charge in [0.1, 0.15) is 0 Å². The quantitative estimate of drug-likeness (QED) is 0.683. The number of amides is 2. The summed E-state index contributed by atoms with van der Waals surface area (Å²) in [6.45, 7) is 2.46. The van der Waals surface area contributed by atoms with Gasteiger partial charge in [0.15, 0.2) is 0 Å². The first-order valence-electron chi connectivity index (χ1n) is 4.37. The summed E-state index contributed by atoms with van der Waals surface area (Å²) < 4.78 is 0. The molecule has 0 aromatic heterocycles. The minimum absolute atomic E-state index is 0.221. The van der Waals surface area contributed by atoms with Crippen LogP contribution in [-0.4, -0.2) is 12.6 Å². The van der Waals surface area contributed by atoms with Crippen molar-refractivity contribution in [2.75, 3.05) is 11.9 Å². The molecule has 0 saturated heterocycles. The van der Waals surface area contributed by atoms with Crippen LogP contribution in [-0.2, 0) is 0 Å². The van der Waals surface area contributed by atoms with Crippen LogP contribution in [0.5, 0.6) is 0 Å². The summed E-state index contributed by atoms with van der Waals surface area (Å²) >= 11 is 0. The lowest BCUT2D eigenvalue weighted by molar-refractivity contribution is 0.252. The van der Waals surface area contributed by atoms with Gasteiger partial charge in [-0.1, -0.05) is 12.0 Å². The molecular formula is C11H12N2O. The second-order valence-corrected chi connectivity index (χ2v) is 2.71. The molecule has 0 aliphatic heterocycles. The number of rotatable bonds is 2. The highest BCUT2D eigenvalue weighted by Crippen LogP contribution is 2.08. The maximum atomic E-state index is 11.1. The molecule has 0 fully saturated rings. The van der Waals surface area contributed by atoms with E-state index in [9.17, 15) is 4.79 Å². The van der Waals surface area contributed by atoms with Crippen molar-refractivity contribution in [3.05, 3.63) is 29.8 Å². The summed E-state index contributed by atoms with van der Waals surface area (Å²) in [5.74, 6) is 2.50. The lowest BCUT2D eigenvalue weighted by atomic mass is 10.2. The molecule has 3 heteroatoms. The van der Waals surface area contributed by atoms with E-state index in [0.717, 1.165) is 5.56 Å². The van der Waals surface area contributed by atoms with Crippen LogP contribution in [0.1, 0.15) is 12.5 Å². The number of terminal acetylenes is 1. The van der Waals surface area contributed by atoms with Crippen molar-refractivity contribution in [2.45, 2.75) is 6.92 Å². The molecule has 14 heavy (non-hydrogen) atoms. The van der Waals surface area contributed by atoms with E-state index in [0.29, 0.717) is 12.2 Å². The fourth-order valence-electron chi connectivity index (χ4n) is 1.02. The van der Waals surface area contributed by atoms with E-state index in [1.54, 1.807) is 18.2 Å². The molecule has 0 bridgehead atoms. The highest BCUT2D eigenvalue weighted by molar-refractivity contribution is 5.89. The first-order chi connectivity index (χ1) is 6.76. The van der Waals surface area contributed by atoms with Crippen LogP contribution in [0.2, 0.25) is 0 Å². The zero-order valence-electron chi connectivity index (χ0n) is 8.00. The summed E-state index contributed by atoms with van der Waals surface area (Å²) in [5, 5.41) is 5.30. The molecule has 0 atom stereocenters. The molecule has 0 radical (unpaired) electrons. The summed E-state index contributed by atoms with van der Waals surface area (Å²) in [7, 11) is 0. The smallest absolute Gasteiger partial charge is 0.319 e. The van der Waals surface area contributed by atoms with Crippen molar-refractivity contribution < 1.29 is 4.79 Å². The minimum atomic E-state index is -0.221. The maximum absolute atomic E-state index is 11.1. The first-order valence-corrected chi connectivity index (χ1v) is 4.37. The van der Waals surface area contributed by atoms with E-state index in [1.807, 2.05) is 13.0 Å². The van der Waals surface area contributed by atoms with E-state index < -0.39 is 0 Å². The van der Waals surface area contributed by atoms with E-state index in [4.69, 9.17) is 6.42 Å². The van der Waals surface area contributed by atoms with E-state index in [1.165, 1.54) is 0 Å². The zero-order chi connectivity index (χ0) is 10.4. The van der Waals surface area contributed by atoms with Gasteiger partial charge in [-0.25, -0.2) is 4.79 Å². The van der Waals surface area contributed by atoms with Gasteiger partial charge in [0.2, 0.25) is 0 Å². The van der Waals surface area contributed by atoms with Crippen LogP contribution in [0.4, 0.5) is 10.5 Å². The van der Waals surface area contributed by atoms with Crippen LogP contribution >= 0.6 is 0 Å². The Balaban J connectivity index is 2.68. The molecule has 1 aromatic carbocycles. The van der Waals surface area contributed by atoms with Crippen LogP contribution in [0.15, 0.2) is 24.3 Å². The molecule has 0 aliphatic carbocycles. The van der Waals surface area contributed by atoms with Crippen LogP contribution < -0.4 is 10.6 Å². The monoisotopic (exact) mass is 188 g/mol. The van der Waals surface area contributed by atoms with Crippen molar-refractivity contribution in [3.63, 3.8) is 0 Å². The Hall–Kier alpha value is -1.95. The van der Waals surface area contributed by atoms with E-state index in [-0.39, 0.29) is 6.03 Å². The number of nitrogens with one attached hydrogen (secondary N) is 2. The van der Waals surface area contributed by atoms with Gasteiger partial charge < -0.3 is 10.6 Å². The molecule has 72 valence electrons. The number of anilines is 1. The summed E-state index contributed by atoms with van der Waals surface area (Å²) in [6.07, 6.45) is 5.23. The third-order valence-electron chi connectivity index (χ3n) is 1.62. The average Bonchev–Trinajstić information content (AvgIpc) is 2.18. The Labute approximate surface area is 83.5 Å². The Morgan fingerprint density at radius 1 is 1.57 bits per heavy atom. The maximum Gasteiger partial charge on any atom is 0.319 e. The second kappa shape index (κ2) is 4.93. The Bertz CT molecular complexity index is 366. The molecule has 1 rings (SSSR count). The summed E-state index contributed by atoms with van der Waals surface area (Å²) in [4.78, 5) is 11.1. The van der Waals surface area contributed by atoms with Crippen molar-refractivity contribution in [1.29, 1.82) is 0 Å². The number of carbonyl (C=O) groups excluding carboxylic acids is 1. The van der Waals surface area contributed by atoms with E-state index >= 15 is 0 Å². The molecule has 3 nitrogen and oxygen atoms in total. The van der Waals surface area contributed by atoms with Crippen LogP contribution in [0, 0.1) is 12.3 Å². The fraction of sp³-hybridized carbons (Fsp3) is 0.182. The van der Waals surface area contributed by atoms with Crippen molar-refractivity contribution >= 4 is 11.7 Å². The van der Waals surface area contributed by atoms with Gasteiger partial charge in [-0.2, -0.15) is 0 Å². The molecular weight excluding hydrogens is 176 g/mol. The number of hydrogen-bond acceptors (Lipinski definition) is 1. The standard InChI is InChI=1S/C11H12N2O/c1-3-9-6-5-7-10(8-9)13-11(14)12-4-2/h1,5-8H,4H2,2H3,(H2,12,13,14). The van der Waals surface area contributed by atoms with Crippen LogP contribution in [0.25, 0.3) is 0 Å². The predicted octanol–water partition coefficient (Wildman–Crippen LogP) is 1.81. The van der Waals surface area contributed by atoms with Crippen molar-refractivity contribution in [1.82, 2.24) is 5.32 Å². The van der Waals surface area contributed by atoms with E-state index in [2.05, 4.69) is 16.6 Å². The number of benzene rings is 1. The van der Waals surface area contributed by atoms with Crippen LogP contribution in [0.3, 0.4) is 0 Å². The Morgan fingerprint density at radius 2 is 2.36 bits per heavy atom. The first kappa shape index (κ1) is 10.1. The third-order valence-corrected chi connectivity index (χ3v) is 1.62. The zero-order valence-corrected chi connectivity index (χ0v) is 8.00. The van der Waals surface area contributed by atoms with Gasteiger partial charge in [-0.3, -0.25) is 0 Å². The fourth-order valence-corrected chi connectivity index (χ4v) is 1.02. The van der Waals surface area contributed by atoms with Gasteiger partial charge in [0, 0.05) is 17.8 Å². The summed E-state index contributed by atoms with van der Waals surface area (Å²) in [5.41, 5.74) is 1.45. The van der Waals surface area contributed by atoms with Gasteiger partial charge >= 0.3 is 6.03 Å². The Morgan fingerprint density at radius 3 is 3.00 bits per heavy atom. The normalized spacial score (nSPS) is 8.86.